The highest BCUT2D eigenvalue weighted by Crippen LogP contribution is 2.01. The summed E-state index contributed by atoms with van der Waals surface area (Å²) in [6, 6.07) is 9.86. The van der Waals surface area contributed by atoms with E-state index in [1.54, 1.807) is 0 Å². The number of nitrogens with two attached hydrogens (primary N) is 1. The van der Waals surface area contributed by atoms with Gasteiger partial charge in [0.25, 0.3) is 0 Å². The maximum atomic E-state index is 11.4. The highest BCUT2D eigenvalue weighted by molar-refractivity contribution is 5.67. The lowest BCUT2D eigenvalue weighted by molar-refractivity contribution is 0.139. The number of carbonyl (C=O) groups excluding carboxylic acids is 1. The molecule has 0 bridgehead atoms. The minimum Gasteiger partial charge on any atom is -0.445 e. The van der Waals surface area contributed by atoms with Crippen LogP contribution in [0, 0.1) is 0 Å². The Morgan fingerprint density at radius 2 is 2.06 bits per heavy atom. The van der Waals surface area contributed by atoms with Gasteiger partial charge in [-0.2, -0.15) is 0 Å². The summed E-state index contributed by atoms with van der Waals surface area (Å²) in [7, 11) is 0. The van der Waals surface area contributed by atoms with Gasteiger partial charge in [0.05, 0.1) is 0 Å². The largest absolute Gasteiger partial charge is 0.445 e. The van der Waals surface area contributed by atoms with Crippen LogP contribution in [-0.2, 0) is 11.3 Å². The molecule has 0 aromatic heterocycles. The quantitative estimate of drug-likeness (QED) is 0.730. The van der Waals surface area contributed by atoms with E-state index in [1.807, 2.05) is 37.3 Å². The molecule has 1 atom stereocenters. The molecule has 1 rings (SSSR count). The summed E-state index contributed by atoms with van der Waals surface area (Å²) >= 11 is 0. The number of ether oxygens (including phenoxy) is 1. The summed E-state index contributed by atoms with van der Waals surface area (Å²) in [5.74, 6) is 0. The van der Waals surface area contributed by atoms with E-state index in [2.05, 4.69) is 5.32 Å². The summed E-state index contributed by atoms with van der Waals surface area (Å²) in [6.45, 7) is 2.94. The zero-order valence-corrected chi connectivity index (χ0v) is 10.9. The molecule has 0 saturated carbocycles. The third kappa shape index (κ3) is 6.91. The molecule has 0 spiro atoms. The first kappa shape index (κ1) is 14.5. The first-order valence-electron chi connectivity index (χ1n) is 6.38. The fraction of sp³-hybridized carbons (Fsp3) is 0.500. The Bertz CT molecular complexity index is 339. The number of rotatable bonds is 7. The molecule has 0 aliphatic rings. The summed E-state index contributed by atoms with van der Waals surface area (Å²) in [6.07, 6.45) is 2.58. The van der Waals surface area contributed by atoms with Gasteiger partial charge in [-0.05, 0) is 25.3 Å². The predicted octanol–water partition coefficient (Wildman–Crippen LogP) is 2.43. The van der Waals surface area contributed by atoms with Crippen molar-refractivity contribution in [1.29, 1.82) is 0 Å². The number of unbranched alkanes of at least 4 members (excludes halogenated alkanes) is 1. The van der Waals surface area contributed by atoms with Crippen LogP contribution in [0.5, 0.6) is 0 Å². The number of carbonyl (C=O) groups is 1. The van der Waals surface area contributed by atoms with Crippen molar-refractivity contribution in [2.24, 2.45) is 5.73 Å². The minimum atomic E-state index is -0.361. The topological polar surface area (TPSA) is 64.3 Å². The molecule has 4 nitrogen and oxygen atoms in total. The van der Waals surface area contributed by atoms with Gasteiger partial charge < -0.3 is 15.8 Å². The predicted molar refractivity (Wildman–Crippen MR) is 72.1 cm³/mol. The number of amides is 1. The monoisotopic (exact) mass is 250 g/mol. The van der Waals surface area contributed by atoms with E-state index in [9.17, 15) is 4.79 Å². The second-order valence-corrected chi connectivity index (χ2v) is 4.46. The molecule has 1 aromatic rings. The fourth-order valence-electron chi connectivity index (χ4n) is 1.56. The highest BCUT2D eigenvalue weighted by atomic mass is 16.5. The first-order valence-corrected chi connectivity index (χ1v) is 6.38. The van der Waals surface area contributed by atoms with Crippen molar-refractivity contribution in [2.45, 2.75) is 38.8 Å². The second-order valence-electron chi connectivity index (χ2n) is 4.46. The van der Waals surface area contributed by atoms with E-state index in [-0.39, 0.29) is 12.1 Å². The number of hydrogen-bond donors (Lipinski definition) is 2. The van der Waals surface area contributed by atoms with E-state index in [4.69, 9.17) is 10.5 Å². The van der Waals surface area contributed by atoms with Crippen molar-refractivity contribution < 1.29 is 9.53 Å². The van der Waals surface area contributed by atoms with Gasteiger partial charge in [-0.1, -0.05) is 36.8 Å². The maximum absolute atomic E-state index is 11.4. The van der Waals surface area contributed by atoms with Crippen LogP contribution in [0.2, 0.25) is 0 Å². The zero-order chi connectivity index (χ0) is 13.2. The van der Waals surface area contributed by atoms with Gasteiger partial charge in [0.15, 0.2) is 0 Å². The average Bonchev–Trinajstić information content (AvgIpc) is 2.37. The Kier molecular flexibility index (Phi) is 6.87. The van der Waals surface area contributed by atoms with Crippen molar-refractivity contribution in [2.75, 3.05) is 6.54 Å². The van der Waals surface area contributed by atoms with Crippen LogP contribution >= 0.6 is 0 Å². The molecule has 0 fully saturated rings. The molecule has 18 heavy (non-hydrogen) atoms. The zero-order valence-electron chi connectivity index (χ0n) is 10.9. The average molecular weight is 250 g/mol. The van der Waals surface area contributed by atoms with Crippen LogP contribution in [0.4, 0.5) is 4.79 Å². The molecular weight excluding hydrogens is 228 g/mol. The van der Waals surface area contributed by atoms with Gasteiger partial charge in [-0.3, -0.25) is 0 Å². The number of benzene rings is 1. The van der Waals surface area contributed by atoms with Gasteiger partial charge in [0, 0.05) is 12.6 Å². The normalized spacial score (nSPS) is 11.9. The van der Waals surface area contributed by atoms with E-state index >= 15 is 0 Å². The third-order valence-corrected chi connectivity index (χ3v) is 2.57. The summed E-state index contributed by atoms with van der Waals surface area (Å²) in [4.78, 5) is 11.4. The molecule has 0 heterocycles. The van der Waals surface area contributed by atoms with Gasteiger partial charge in [0.1, 0.15) is 6.61 Å². The number of hydrogen-bond acceptors (Lipinski definition) is 3. The molecular formula is C14H22N2O2. The molecule has 0 aliphatic heterocycles. The SMILES string of the molecule is C[C@H](N)CCCCNC(=O)OCc1ccccc1. The van der Waals surface area contributed by atoms with Crippen molar-refractivity contribution in [1.82, 2.24) is 5.32 Å². The van der Waals surface area contributed by atoms with Crippen molar-refractivity contribution >= 4 is 6.09 Å². The molecule has 0 radical (unpaired) electrons. The van der Waals surface area contributed by atoms with Gasteiger partial charge >= 0.3 is 6.09 Å². The summed E-state index contributed by atoms with van der Waals surface area (Å²) in [5.41, 5.74) is 6.62. The Labute approximate surface area is 109 Å². The molecule has 0 aliphatic carbocycles. The lowest BCUT2D eigenvalue weighted by Gasteiger charge is -2.07. The van der Waals surface area contributed by atoms with Crippen LogP contribution in [0.1, 0.15) is 31.7 Å². The number of nitrogens with one attached hydrogen (secondary N) is 1. The number of alkyl carbamates (subject to hydrolysis) is 1. The van der Waals surface area contributed by atoms with E-state index < -0.39 is 0 Å². The molecule has 0 unspecified atom stereocenters. The van der Waals surface area contributed by atoms with Gasteiger partial charge in [-0.25, -0.2) is 4.79 Å². The Morgan fingerprint density at radius 1 is 1.33 bits per heavy atom. The lowest BCUT2D eigenvalue weighted by Crippen LogP contribution is -2.25. The molecule has 4 heteroatoms. The lowest BCUT2D eigenvalue weighted by atomic mass is 10.1. The van der Waals surface area contributed by atoms with Crippen LogP contribution < -0.4 is 11.1 Å². The van der Waals surface area contributed by atoms with Crippen LogP contribution in [-0.4, -0.2) is 18.7 Å². The highest BCUT2D eigenvalue weighted by Gasteiger charge is 2.01. The molecule has 100 valence electrons. The Balaban J connectivity index is 2.04. The first-order chi connectivity index (χ1) is 8.68. The third-order valence-electron chi connectivity index (χ3n) is 2.57. The molecule has 3 N–H and O–H groups in total. The summed E-state index contributed by atoms with van der Waals surface area (Å²) in [5, 5.41) is 2.72. The van der Waals surface area contributed by atoms with Crippen LogP contribution in [0.3, 0.4) is 0 Å². The van der Waals surface area contributed by atoms with Gasteiger partial charge in [0.2, 0.25) is 0 Å². The van der Waals surface area contributed by atoms with Gasteiger partial charge in [-0.15, -0.1) is 0 Å². The minimum absolute atomic E-state index is 0.232. The Morgan fingerprint density at radius 3 is 2.72 bits per heavy atom. The molecule has 1 aromatic carbocycles. The molecule has 0 saturated heterocycles. The fourth-order valence-corrected chi connectivity index (χ4v) is 1.56. The second kappa shape index (κ2) is 8.53. The standard InChI is InChI=1S/C14H22N2O2/c1-12(15)7-5-6-10-16-14(17)18-11-13-8-3-2-4-9-13/h2-4,8-9,12H,5-7,10-11,15H2,1H3,(H,16,17)/t12-/m0/s1. The van der Waals surface area contributed by atoms with E-state index in [1.165, 1.54) is 0 Å². The van der Waals surface area contributed by atoms with E-state index in [0.717, 1.165) is 24.8 Å². The molecule has 1 amide bonds. The maximum Gasteiger partial charge on any atom is 0.407 e. The summed E-state index contributed by atoms with van der Waals surface area (Å²) < 4.78 is 5.08. The Hall–Kier alpha value is -1.55. The smallest absolute Gasteiger partial charge is 0.407 e. The van der Waals surface area contributed by atoms with Crippen molar-refractivity contribution in [3.8, 4) is 0 Å². The van der Waals surface area contributed by atoms with Crippen molar-refractivity contribution in [3.05, 3.63) is 35.9 Å². The van der Waals surface area contributed by atoms with E-state index in [0.29, 0.717) is 13.2 Å². The van der Waals surface area contributed by atoms with Crippen LogP contribution in [0.25, 0.3) is 0 Å². The van der Waals surface area contributed by atoms with Crippen molar-refractivity contribution in [3.63, 3.8) is 0 Å². The van der Waals surface area contributed by atoms with Crippen LogP contribution in [0.15, 0.2) is 30.3 Å².